The molecular formula is C21H30N2O. The van der Waals surface area contributed by atoms with Gasteiger partial charge in [0.1, 0.15) is 11.6 Å². The second-order valence-electron chi connectivity index (χ2n) is 6.47. The van der Waals surface area contributed by atoms with Crippen LogP contribution in [0.1, 0.15) is 55.7 Å². The SMILES string of the molecule is CCCCCCCOc1cc(C)c(/C=N/c2cccn2C)c(C)c1. The summed E-state index contributed by atoms with van der Waals surface area (Å²) in [6, 6.07) is 8.25. The first-order valence-corrected chi connectivity index (χ1v) is 9.01. The van der Waals surface area contributed by atoms with E-state index in [0.717, 1.165) is 24.6 Å². The average molecular weight is 326 g/mol. The number of rotatable bonds is 9. The van der Waals surface area contributed by atoms with Crippen LogP contribution in [-0.4, -0.2) is 17.4 Å². The predicted molar refractivity (Wildman–Crippen MR) is 103 cm³/mol. The molecule has 3 nitrogen and oxygen atoms in total. The van der Waals surface area contributed by atoms with Crippen LogP contribution in [0.3, 0.4) is 0 Å². The minimum Gasteiger partial charge on any atom is -0.494 e. The highest BCUT2D eigenvalue weighted by Gasteiger charge is 2.05. The number of hydrogen-bond donors (Lipinski definition) is 0. The highest BCUT2D eigenvalue weighted by molar-refractivity contribution is 5.85. The summed E-state index contributed by atoms with van der Waals surface area (Å²) in [5.74, 6) is 1.93. The van der Waals surface area contributed by atoms with Crippen molar-refractivity contribution in [1.29, 1.82) is 0 Å². The van der Waals surface area contributed by atoms with Crippen LogP contribution < -0.4 is 4.74 Å². The Morgan fingerprint density at radius 3 is 2.42 bits per heavy atom. The van der Waals surface area contributed by atoms with Crippen LogP contribution in [0.15, 0.2) is 35.5 Å². The molecule has 130 valence electrons. The van der Waals surface area contributed by atoms with Crippen LogP contribution in [0.25, 0.3) is 0 Å². The molecule has 0 aliphatic heterocycles. The lowest BCUT2D eigenvalue weighted by Gasteiger charge is -2.11. The van der Waals surface area contributed by atoms with Crippen molar-refractivity contribution in [2.45, 2.75) is 52.9 Å². The number of nitrogens with zero attached hydrogens (tertiary/aromatic N) is 2. The highest BCUT2D eigenvalue weighted by Crippen LogP contribution is 2.22. The van der Waals surface area contributed by atoms with E-state index in [1.54, 1.807) is 0 Å². The Morgan fingerprint density at radius 1 is 1.08 bits per heavy atom. The second kappa shape index (κ2) is 9.31. The van der Waals surface area contributed by atoms with Gasteiger partial charge in [0.15, 0.2) is 0 Å². The summed E-state index contributed by atoms with van der Waals surface area (Å²) in [6.07, 6.45) is 10.3. The van der Waals surface area contributed by atoms with Gasteiger partial charge in [0, 0.05) is 19.5 Å². The van der Waals surface area contributed by atoms with Crippen molar-refractivity contribution < 1.29 is 4.74 Å². The van der Waals surface area contributed by atoms with Crippen LogP contribution >= 0.6 is 0 Å². The lowest BCUT2D eigenvalue weighted by molar-refractivity contribution is 0.304. The molecule has 2 aromatic rings. The van der Waals surface area contributed by atoms with Crippen LogP contribution in [0, 0.1) is 13.8 Å². The lowest BCUT2D eigenvalue weighted by Crippen LogP contribution is -2.00. The molecule has 0 radical (unpaired) electrons. The van der Waals surface area contributed by atoms with Crippen molar-refractivity contribution in [1.82, 2.24) is 4.57 Å². The van der Waals surface area contributed by atoms with Crippen molar-refractivity contribution in [2.75, 3.05) is 6.61 Å². The highest BCUT2D eigenvalue weighted by atomic mass is 16.5. The molecular weight excluding hydrogens is 296 g/mol. The Balaban J connectivity index is 1.95. The third-order valence-electron chi connectivity index (χ3n) is 4.33. The molecule has 0 N–H and O–H groups in total. The van der Waals surface area contributed by atoms with Crippen molar-refractivity contribution in [2.24, 2.45) is 12.0 Å². The van der Waals surface area contributed by atoms with E-state index in [9.17, 15) is 0 Å². The van der Waals surface area contributed by atoms with Gasteiger partial charge >= 0.3 is 0 Å². The zero-order valence-corrected chi connectivity index (χ0v) is 15.5. The van der Waals surface area contributed by atoms with Gasteiger partial charge in [0.25, 0.3) is 0 Å². The van der Waals surface area contributed by atoms with Gasteiger partial charge in [0.05, 0.1) is 6.61 Å². The number of aliphatic imine (C=N–C) groups is 1. The fourth-order valence-corrected chi connectivity index (χ4v) is 2.83. The van der Waals surface area contributed by atoms with Crippen LogP contribution in [0.4, 0.5) is 5.82 Å². The molecule has 1 heterocycles. The quantitative estimate of drug-likeness (QED) is 0.426. The minimum absolute atomic E-state index is 0.805. The van der Waals surface area contributed by atoms with Crippen LogP contribution in [0.5, 0.6) is 5.75 Å². The van der Waals surface area contributed by atoms with Crippen molar-refractivity contribution >= 4 is 12.0 Å². The molecule has 0 fully saturated rings. The predicted octanol–water partition coefficient (Wildman–Crippen LogP) is 5.74. The molecule has 1 aromatic carbocycles. The van der Waals surface area contributed by atoms with Crippen molar-refractivity contribution in [3.05, 3.63) is 47.2 Å². The van der Waals surface area contributed by atoms with Gasteiger partial charge in [-0.15, -0.1) is 0 Å². The fraction of sp³-hybridized carbons (Fsp3) is 0.476. The summed E-state index contributed by atoms with van der Waals surface area (Å²) in [5, 5.41) is 0. The Hall–Kier alpha value is -2.03. The molecule has 0 unspecified atom stereocenters. The molecule has 0 amide bonds. The molecule has 1 aromatic heterocycles. The molecule has 0 aliphatic carbocycles. The summed E-state index contributed by atoms with van der Waals surface area (Å²) in [4.78, 5) is 4.59. The summed E-state index contributed by atoms with van der Waals surface area (Å²) in [7, 11) is 2.00. The zero-order chi connectivity index (χ0) is 17.4. The second-order valence-corrected chi connectivity index (χ2v) is 6.47. The van der Waals surface area contributed by atoms with Crippen LogP contribution in [0.2, 0.25) is 0 Å². The standard InChI is InChI=1S/C21H30N2O/c1-5-6-7-8-9-13-24-19-14-17(2)20(18(3)15-19)16-22-21-11-10-12-23(21)4/h10-12,14-16H,5-9,13H2,1-4H3/b22-16+. The van der Waals surface area contributed by atoms with Gasteiger partial charge in [-0.1, -0.05) is 32.6 Å². The van der Waals surface area contributed by atoms with Gasteiger partial charge in [-0.05, 0) is 61.2 Å². The third kappa shape index (κ3) is 5.26. The molecule has 0 bridgehead atoms. The molecule has 24 heavy (non-hydrogen) atoms. The summed E-state index contributed by atoms with van der Waals surface area (Å²) in [5.41, 5.74) is 3.58. The van der Waals surface area contributed by atoms with E-state index in [0.29, 0.717) is 0 Å². The average Bonchev–Trinajstić information content (AvgIpc) is 2.95. The summed E-state index contributed by atoms with van der Waals surface area (Å²) >= 11 is 0. The zero-order valence-electron chi connectivity index (χ0n) is 15.5. The smallest absolute Gasteiger partial charge is 0.132 e. The number of hydrogen-bond acceptors (Lipinski definition) is 2. The Labute approximate surface area is 146 Å². The van der Waals surface area contributed by atoms with E-state index >= 15 is 0 Å². The number of ether oxygens (including phenoxy) is 1. The maximum atomic E-state index is 5.92. The monoisotopic (exact) mass is 326 g/mol. The first kappa shape index (κ1) is 18.3. The van der Waals surface area contributed by atoms with Gasteiger partial charge in [0.2, 0.25) is 0 Å². The Morgan fingerprint density at radius 2 is 1.79 bits per heavy atom. The van der Waals surface area contributed by atoms with Crippen molar-refractivity contribution in [3.63, 3.8) is 0 Å². The molecule has 3 heteroatoms. The molecule has 0 atom stereocenters. The van der Waals surface area contributed by atoms with E-state index in [1.807, 2.05) is 36.2 Å². The largest absolute Gasteiger partial charge is 0.494 e. The first-order chi connectivity index (χ1) is 11.6. The maximum absolute atomic E-state index is 5.92. The number of aryl methyl sites for hydroxylation is 3. The van der Waals surface area contributed by atoms with E-state index in [2.05, 4.69) is 37.9 Å². The van der Waals surface area contributed by atoms with Crippen molar-refractivity contribution in [3.8, 4) is 5.75 Å². The molecule has 2 rings (SSSR count). The molecule has 0 saturated carbocycles. The first-order valence-electron chi connectivity index (χ1n) is 9.01. The molecule has 0 spiro atoms. The number of unbranched alkanes of at least 4 members (excludes halogenated alkanes) is 4. The summed E-state index contributed by atoms with van der Waals surface area (Å²) in [6.45, 7) is 7.28. The normalized spacial score (nSPS) is 11.3. The van der Waals surface area contributed by atoms with E-state index in [1.165, 1.54) is 42.4 Å². The maximum Gasteiger partial charge on any atom is 0.132 e. The Bertz CT molecular complexity index is 647. The lowest BCUT2D eigenvalue weighted by atomic mass is 10.0. The topological polar surface area (TPSA) is 26.5 Å². The van der Waals surface area contributed by atoms with Gasteiger partial charge in [-0.3, -0.25) is 0 Å². The molecule has 0 aliphatic rings. The van der Waals surface area contributed by atoms with E-state index in [4.69, 9.17) is 4.74 Å². The minimum atomic E-state index is 0.805. The van der Waals surface area contributed by atoms with Gasteiger partial charge < -0.3 is 9.30 Å². The summed E-state index contributed by atoms with van der Waals surface area (Å²) < 4.78 is 7.93. The number of benzene rings is 1. The van der Waals surface area contributed by atoms with Crippen LogP contribution in [-0.2, 0) is 7.05 Å². The molecule has 0 saturated heterocycles. The fourth-order valence-electron chi connectivity index (χ4n) is 2.83. The van der Waals surface area contributed by atoms with Gasteiger partial charge in [-0.25, -0.2) is 4.99 Å². The third-order valence-corrected chi connectivity index (χ3v) is 4.33. The number of aromatic nitrogens is 1. The van der Waals surface area contributed by atoms with E-state index in [-0.39, 0.29) is 0 Å². The van der Waals surface area contributed by atoms with E-state index < -0.39 is 0 Å². The Kier molecular flexibility index (Phi) is 7.10. The van der Waals surface area contributed by atoms with Gasteiger partial charge in [-0.2, -0.15) is 0 Å².